The summed E-state index contributed by atoms with van der Waals surface area (Å²) in [6, 6.07) is 0. The predicted molar refractivity (Wildman–Crippen MR) is 72.4 cm³/mol. The molecule has 0 aliphatic carbocycles. The van der Waals surface area contributed by atoms with Crippen molar-refractivity contribution < 1.29 is 15.0 Å². The molecule has 6 nitrogen and oxygen atoms in total. The molecule has 1 aromatic rings. The molecule has 0 spiro atoms. The maximum Gasteiger partial charge on any atom is 0.244 e. The third-order valence-corrected chi connectivity index (χ3v) is 3.09. The van der Waals surface area contributed by atoms with E-state index in [-0.39, 0.29) is 19.1 Å². The molecule has 6 heteroatoms. The molecule has 0 radical (unpaired) electrons. The fraction of sp³-hybridized carbons (Fsp3) is 0.538. The second-order valence-corrected chi connectivity index (χ2v) is 4.91. The van der Waals surface area contributed by atoms with Crippen LogP contribution >= 0.6 is 0 Å². The van der Waals surface area contributed by atoms with Crippen molar-refractivity contribution in [3.05, 3.63) is 23.0 Å². The van der Waals surface area contributed by atoms with E-state index >= 15 is 0 Å². The Balaban J connectivity index is 2.79. The van der Waals surface area contributed by atoms with E-state index in [2.05, 4.69) is 10.4 Å². The summed E-state index contributed by atoms with van der Waals surface area (Å²) in [4.78, 5) is 11.7. The Labute approximate surface area is 112 Å². The number of hydrogen-bond acceptors (Lipinski definition) is 4. The Hall–Kier alpha value is -1.66. The highest BCUT2D eigenvalue weighted by molar-refractivity contribution is 5.92. The molecule has 0 unspecified atom stereocenters. The summed E-state index contributed by atoms with van der Waals surface area (Å²) in [5.74, 6) is -0.367. The van der Waals surface area contributed by atoms with Crippen LogP contribution in [0.4, 0.5) is 0 Å². The van der Waals surface area contributed by atoms with Crippen LogP contribution in [-0.4, -0.2) is 44.7 Å². The van der Waals surface area contributed by atoms with Gasteiger partial charge in [-0.3, -0.25) is 9.48 Å². The third kappa shape index (κ3) is 3.65. The summed E-state index contributed by atoms with van der Waals surface area (Å²) in [7, 11) is 1.84. The number of hydrogen-bond donors (Lipinski definition) is 3. The molecule has 0 aliphatic heterocycles. The van der Waals surface area contributed by atoms with Gasteiger partial charge < -0.3 is 15.5 Å². The van der Waals surface area contributed by atoms with E-state index in [1.165, 1.54) is 6.08 Å². The second kappa shape index (κ2) is 5.99. The molecule has 0 aliphatic rings. The quantitative estimate of drug-likeness (QED) is 0.651. The molecule has 0 atom stereocenters. The van der Waals surface area contributed by atoms with Crippen molar-refractivity contribution in [1.29, 1.82) is 0 Å². The molecule has 0 bridgehead atoms. The Morgan fingerprint density at radius 3 is 2.42 bits per heavy atom. The van der Waals surface area contributed by atoms with E-state index in [4.69, 9.17) is 10.2 Å². The van der Waals surface area contributed by atoms with Crippen LogP contribution in [0.2, 0.25) is 0 Å². The second-order valence-electron chi connectivity index (χ2n) is 4.91. The van der Waals surface area contributed by atoms with Crippen LogP contribution in [0.3, 0.4) is 0 Å². The van der Waals surface area contributed by atoms with Crippen LogP contribution < -0.4 is 5.32 Å². The van der Waals surface area contributed by atoms with E-state index in [0.717, 1.165) is 17.0 Å². The molecule has 0 aromatic carbocycles. The van der Waals surface area contributed by atoms with Gasteiger partial charge in [-0.15, -0.1) is 0 Å². The Morgan fingerprint density at radius 2 is 2.00 bits per heavy atom. The molecule has 0 fully saturated rings. The summed E-state index contributed by atoms with van der Waals surface area (Å²) in [5, 5.41) is 25.0. The number of aryl methyl sites for hydroxylation is 2. The highest BCUT2D eigenvalue weighted by atomic mass is 16.3. The van der Waals surface area contributed by atoms with Gasteiger partial charge in [-0.1, -0.05) is 0 Å². The number of carbonyl (C=O) groups excluding carboxylic acids is 1. The van der Waals surface area contributed by atoms with Crippen molar-refractivity contribution in [2.75, 3.05) is 13.2 Å². The summed E-state index contributed by atoms with van der Waals surface area (Å²) < 4.78 is 1.75. The van der Waals surface area contributed by atoms with Crippen LogP contribution in [0.25, 0.3) is 6.08 Å². The number of amides is 1. The van der Waals surface area contributed by atoms with E-state index in [0.29, 0.717) is 0 Å². The lowest BCUT2D eigenvalue weighted by Crippen LogP contribution is -2.51. The van der Waals surface area contributed by atoms with Crippen molar-refractivity contribution in [2.45, 2.75) is 26.3 Å². The largest absolute Gasteiger partial charge is 0.394 e. The number of aliphatic hydroxyl groups excluding tert-OH is 2. The average Bonchev–Trinajstić information content (AvgIpc) is 2.61. The van der Waals surface area contributed by atoms with Gasteiger partial charge in [-0.05, 0) is 26.8 Å². The zero-order valence-electron chi connectivity index (χ0n) is 11.8. The maximum atomic E-state index is 11.7. The number of nitrogens with zero attached hydrogens (tertiary/aromatic N) is 2. The fourth-order valence-corrected chi connectivity index (χ4v) is 1.66. The molecule has 1 rings (SSSR count). The molecule has 0 saturated carbocycles. The number of aromatic nitrogens is 2. The highest BCUT2D eigenvalue weighted by Gasteiger charge is 2.23. The smallest absolute Gasteiger partial charge is 0.244 e. The first kappa shape index (κ1) is 15.4. The SMILES string of the molecule is Cc1nn(C)c(C)c1/C=C/C(=O)NC(C)(CO)CO. The molecule has 3 N–H and O–H groups in total. The summed E-state index contributed by atoms with van der Waals surface area (Å²) >= 11 is 0. The van der Waals surface area contributed by atoms with Gasteiger partial charge in [-0.2, -0.15) is 5.10 Å². The Kier molecular flexibility index (Phi) is 4.85. The number of rotatable bonds is 5. The van der Waals surface area contributed by atoms with Crippen LogP contribution in [-0.2, 0) is 11.8 Å². The van der Waals surface area contributed by atoms with Crippen LogP contribution in [0.15, 0.2) is 6.08 Å². The molecular weight excluding hydrogens is 246 g/mol. The van der Waals surface area contributed by atoms with Crippen LogP contribution in [0, 0.1) is 13.8 Å². The zero-order valence-corrected chi connectivity index (χ0v) is 11.8. The van der Waals surface area contributed by atoms with Gasteiger partial charge in [0.05, 0.1) is 24.4 Å². The minimum absolute atomic E-state index is 0.325. The standard InChI is InChI=1S/C13H21N3O3/c1-9-11(10(2)16(4)15-9)5-6-12(19)14-13(3,7-17)8-18/h5-6,17-18H,7-8H2,1-4H3,(H,14,19)/b6-5+. The summed E-state index contributed by atoms with van der Waals surface area (Å²) in [6.45, 7) is 4.71. The molecule has 1 aromatic heterocycles. The van der Waals surface area contributed by atoms with Gasteiger partial charge in [0.1, 0.15) is 0 Å². The van der Waals surface area contributed by atoms with Crippen LogP contribution in [0.1, 0.15) is 23.9 Å². The first-order valence-electron chi connectivity index (χ1n) is 6.05. The Bertz CT molecular complexity index is 488. The summed E-state index contributed by atoms with van der Waals surface area (Å²) in [5.41, 5.74) is 1.69. The molecule has 19 heavy (non-hydrogen) atoms. The van der Waals surface area contributed by atoms with Crippen molar-refractivity contribution in [3.8, 4) is 0 Å². The minimum atomic E-state index is -1.01. The van der Waals surface area contributed by atoms with Crippen molar-refractivity contribution in [3.63, 3.8) is 0 Å². The number of nitrogens with one attached hydrogen (secondary N) is 1. The predicted octanol–water partition coefficient (Wildman–Crippen LogP) is -0.0904. The topological polar surface area (TPSA) is 87.4 Å². The summed E-state index contributed by atoms with van der Waals surface area (Å²) in [6.07, 6.45) is 3.06. The number of aliphatic hydroxyl groups is 2. The van der Waals surface area contributed by atoms with E-state index in [1.807, 2.05) is 20.9 Å². The van der Waals surface area contributed by atoms with Gasteiger partial charge in [0.15, 0.2) is 0 Å². The zero-order chi connectivity index (χ0) is 14.6. The van der Waals surface area contributed by atoms with Gasteiger partial charge in [-0.25, -0.2) is 0 Å². The van der Waals surface area contributed by atoms with Gasteiger partial charge in [0.2, 0.25) is 5.91 Å². The monoisotopic (exact) mass is 267 g/mol. The molecule has 106 valence electrons. The minimum Gasteiger partial charge on any atom is -0.394 e. The Morgan fingerprint density at radius 1 is 1.42 bits per heavy atom. The lowest BCUT2D eigenvalue weighted by molar-refractivity contribution is -0.119. The van der Waals surface area contributed by atoms with Crippen molar-refractivity contribution >= 4 is 12.0 Å². The first-order valence-corrected chi connectivity index (χ1v) is 6.05. The lowest BCUT2D eigenvalue weighted by Gasteiger charge is -2.25. The van der Waals surface area contributed by atoms with E-state index < -0.39 is 5.54 Å². The van der Waals surface area contributed by atoms with E-state index in [1.54, 1.807) is 17.7 Å². The normalized spacial score (nSPS) is 12.1. The molecular formula is C13H21N3O3. The third-order valence-electron chi connectivity index (χ3n) is 3.09. The lowest BCUT2D eigenvalue weighted by atomic mass is 10.1. The molecule has 1 amide bonds. The van der Waals surface area contributed by atoms with Gasteiger partial charge in [0, 0.05) is 24.4 Å². The maximum absolute atomic E-state index is 11.7. The average molecular weight is 267 g/mol. The number of carbonyl (C=O) groups is 1. The van der Waals surface area contributed by atoms with Gasteiger partial charge >= 0.3 is 0 Å². The first-order chi connectivity index (χ1) is 8.83. The van der Waals surface area contributed by atoms with Crippen molar-refractivity contribution in [2.24, 2.45) is 7.05 Å². The van der Waals surface area contributed by atoms with Crippen molar-refractivity contribution in [1.82, 2.24) is 15.1 Å². The molecule has 0 saturated heterocycles. The highest BCUT2D eigenvalue weighted by Crippen LogP contribution is 2.13. The van der Waals surface area contributed by atoms with Crippen LogP contribution in [0.5, 0.6) is 0 Å². The molecule has 1 heterocycles. The van der Waals surface area contributed by atoms with E-state index in [9.17, 15) is 4.79 Å². The fourth-order valence-electron chi connectivity index (χ4n) is 1.66. The van der Waals surface area contributed by atoms with Gasteiger partial charge in [0.25, 0.3) is 0 Å².